The number of carbonyl (C=O) groups is 3. The van der Waals surface area contributed by atoms with Crippen LogP contribution in [-0.4, -0.2) is 42.4 Å². The number of carbonyl (C=O) groups excluding carboxylic acids is 3. The predicted molar refractivity (Wildman–Crippen MR) is 98.8 cm³/mol. The molecule has 0 saturated carbocycles. The largest absolute Gasteiger partial charge is 0.493 e. The molecular formula is C21H21NO5. The summed E-state index contributed by atoms with van der Waals surface area (Å²) < 4.78 is 10.8. The third-order valence-corrected chi connectivity index (χ3v) is 4.36. The van der Waals surface area contributed by atoms with Gasteiger partial charge in [-0.15, -0.1) is 0 Å². The molecule has 2 aromatic carbocycles. The summed E-state index contributed by atoms with van der Waals surface area (Å²) in [5.74, 6) is -0.402. The van der Waals surface area contributed by atoms with Crippen molar-refractivity contribution in [1.82, 2.24) is 4.90 Å². The molecule has 27 heavy (non-hydrogen) atoms. The maximum atomic E-state index is 12.2. The van der Waals surface area contributed by atoms with E-state index in [4.69, 9.17) is 9.47 Å². The van der Waals surface area contributed by atoms with Crippen LogP contribution in [-0.2, 0) is 9.53 Å². The van der Waals surface area contributed by atoms with Gasteiger partial charge in [-0.1, -0.05) is 24.3 Å². The Balaban J connectivity index is 1.42. The first-order valence-electron chi connectivity index (χ1n) is 8.78. The van der Waals surface area contributed by atoms with Gasteiger partial charge in [0.1, 0.15) is 12.4 Å². The fourth-order valence-electron chi connectivity index (χ4n) is 2.87. The summed E-state index contributed by atoms with van der Waals surface area (Å²) in [6.07, 6.45) is 0.0928. The lowest BCUT2D eigenvalue weighted by molar-refractivity contribution is -0.144. The molecular weight excluding hydrogens is 346 g/mol. The van der Waals surface area contributed by atoms with Crippen LogP contribution in [0.4, 0.5) is 0 Å². The molecule has 1 heterocycles. The molecule has 140 valence electrons. The summed E-state index contributed by atoms with van der Waals surface area (Å²) in [5.41, 5.74) is 2.85. The Kier molecular flexibility index (Phi) is 5.54. The third kappa shape index (κ3) is 4.16. The van der Waals surface area contributed by atoms with E-state index in [9.17, 15) is 14.4 Å². The number of nitrogens with zero attached hydrogens (tertiary/aromatic N) is 1. The number of amides is 2. The van der Waals surface area contributed by atoms with E-state index in [-0.39, 0.29) is 38.0 Å². The van der Waals surface area contributed by atoms with Crippen LogP contribution in [0.15, 0.2) is 42.5 Å². The van der Waals surface area contributed by atoms with Crippen LogP contribution < -0.4 is 4.74 Å². The zero-order chi connectivity index (χ0) is 19.4. The minimum atomic E-state index is -0.433. The van der Waals surface area contributed by atoms with E-state index in [2.05, 4.69) is 0 Å². The van der Waals surface area contributed by atoms with Gasteiger partial charge < -0.3 is 9.47 Å². The molecule has 1 aliphatic rings. The van der Waals surface area contributed by atoms with Gasteiger partial charge in [0.25, 0.3) is 11.8 Å². The number of hydrogen-bond acceptors (Lipinski definition) is 5. The summed E-state index contributed by atoms with van der Waals surface area (Å²) >= 11 is 0. The van der Waals surface area contributed by atoms with Gasteiger partial charge in [-0.25, -0.2) is 0 Å². The van der Waals surface area contributed by atoms with E-state index >= 15 is 0 Å². The standard InChI is InChI=1S/C21H21NO5/c1-14-7-8-15(2)18(13-14)26-11-9-19(23)27-12-10-22-20(24)16-5-3-4-6-17(16)21(22)25/h3-8,13H,9-12H2,1-2H3. The Labute approximate surface area is 157 Å². The second-order valence-corrected chi connectivity index (χ2v) is 6.40. The van der Waals surface area contributed by atoms with Gasteiger partial charge in [0.2, 0.25) is 0 Å². The molecule has 6 heteroatoms. The molecule has 3 rings (SSSR count). The predicted octanol–water partition coefficient (Wildman–Crippen LogP) is 2.91. The highest BCUT2D eigenvalue weighted by molar-refractivity contribution is 6.21. The number of aryl methyl sites for hydroxylation is 2. The van der Waals surface area contributed by atoms with E-state index < -0.39 is 5.97 Å². The zero-order valence-corrected chi connectivity index (χ0v) is 15.4. The Morgan fingerprint density at radius 3 is 2.30 bits per heavy atom. The van der Waals surface area contributed by atoms with Crippen LogP contribution in [0.25, 0.3) is 0 Å². The molecule has 0 aromatic heterocycles. The monoisotopic (exact) mass is 367 g/mol. The topological polar surface area (TPSA) is 72.9 Å². The second kappa shape index (κ2) is 8.03. The Morgan fingerprint density at radius 2 is 1.63 bits per heavy atom. The van der Waals surface area contributed by atoms with Crippen LogP contribution in [0.3, 0.4) is 0 Å². The average Bonchev–Trinajstić information content (AvgIpc) is 2.90. The van der Waals surface area contributed by atoms with Crippen molar-refractivity contribution in [3.8, 4) is 5.75 Å². The molecule has 0 atom stereocenters. The highest BCUT2D eigenvalue weighted by Crippen LogP contribution is 2.22. The van der Waals surface area contributed by atoms with Gasteiger partial charge in [0, 0.05) is 0 Å². The van der Waals surface area contributed by atoms with Crippen molar-refractivity contribution in [2.24, 2.45) is 0 Å². The molecule has 0 radical (unpaired) electrons. The number of hydrogen-bond donors (Lipinski definition) is 0. The molecule has 0 spiro atoms. The lowest BCUT2D eigenvalue weighted by Gasteiger charge is -2.14. The van der Waals surface area contributed by atoms with Gasteiger partial charge in [0.15, 0.2) is 0 Å². The lowest BCUT2D eigenvalue weighted by Crippen LogP contribution is -2.33. The molecule has 0 unspecified atom stereocenters. The van der Waals surface area contributed by atoms with E-state index in [1.807, 2.05) is 32.0 Å². The first-order chi connectivity index (χ1) is 13.0. The third-order valence-electron chi connectivity index (χ3n) is 4.36. The Bertz CT molecular complexity index is 855. The van der Waals surface area contributed by atoms with Crippen molar-refractivity contribution >= 4 is 17.8 Å². The minimum absolute atomic E-state index is 0.0340. The normalized spacial score (nSPS) is 12.9. The first kappa shape index (κ1) is 18.6. The van der Waals surface area contributed by atoms with Gasteiger partial charge in [-0.3, -0.25) is 19.3 Å². The van der Waals surface area contributed by atoms with Crippen molar-refractivity contribution in [3.63, 3.8) is 0 Å². The van der Waals surface area contributed by atoms with Crippen LogP contribution in [0.2, 0.25) is 0 Å². The summed E-state index contributed by atoms with van der Waals surface area (Å²) in [5, 5.41) is 0. The van der Waals surface area contributed by atoms with Crippen molar-refractivity contribution in [1.29, 1.82) is 0 Å². The number of esters is 1. The molecule has 0 bridgehead atoms. The van der Waals surface area contributed by atoms with Gasteiger partial charge >= 0.3 is 5.97 Å². The summed E-state index contributed by atoms with van der Waals surface area (Å²) in [4.78, 5) is 37.4. The van der Waals surface area contributed by atoms with E-state index in [0.717, 1.165) is 21.8 Å². The zero-order valence-electron chi connectivity index (χ0n) is 15.4. The van der Waals surface area contributed by atoms with Crippen LogP contribution in [0.1, 0.15) is 38.3 Å². The van der Waals surface area contributed by atoms with Crippen molar-refractivity contribution in [2.75, 3.05) is 19.8 Å². The average molecular weight is 367 g/mol. The van der Waals surface area contributed by atoms with Gasteiger partial charge in [0.05, 0.1) is 30.7 Å². The molecule has 0 saturated heterocycles. The van der Waals surface area contributed by atoms with E-state index in [1.165, 1.54) is 0 Å². The molecule has 0 N–H and O–H groups in total. The summed E-state index contributed by atoms with van der Waals surface area (Å²) in [6, 6.07) is 12.5. The molecule has 0 aliphatic carbocycles. The molecule has 6 nitrogen and oxygen atoms in total. The van der Waals surface area contributed by atoms with Gasteiger partial charge in [-0.05, 0) is 43.2 Å². The molecule has 2 amide bonds. The fraction of sp³-hybridized carbons (Fsp3) is 0.286. The molecule has 0 fully saturated rings. The maximum absolute atomic E-state index is 12.2. The highest BCUT2D eigenvalue weighted by Gasteiger charge is 2.34. The number of rotatable bonds is 7. The second-order valence-electron chi connectivity index (χ2n) is 6.40. The number of fused-ring (bicyclic) bond motifs is 1. The van der Waals surface area contributed by atoms with Crippen LogP contribution in [0, 0.1) is 13.8 Å². The lowest BCUT2D eigenvalue weighted by atomic mass is 10.1. The summed E-state index contributed by atoms with van der Waals surface area (Å²) in [7, 11) is 0. The fourth-order valence-corrected chi connectivity index (χ4v) is 2.87. The van der Waals surface area contributed by atoms with Crippen molar-refractivity contribution in [2.45, 2.75) is 20.3 Å². The quantitative estimate of drug-likeness (QED) is 0.556. The summed E-state index contributed by atoms with van der Waals surface area (Å²) in [6.45, 7) is 4.12. The Hall–Kier alpha value is -3.15. The molecule has 1 aliphatic heterocycles. The van der Waals surface area contributed by atoms with E-state index in [1.54, 1.807) is 24.3 Å². The highest BCUT2D eigenvalue weighted by atomic mass is 16.5. The molecule has 2 aromatic rings. The maximum Gasteiger partial charge on any atom is 0.309 e. The van der Waals surface area contributed by atoms with E-state index in [0.29, 0.717) is 11.1 Å². The van der Waals surface area contributed by atoms with Crippen LogP contribution >= 0.6 is 0 Å². The van der Waals surface area contributed by atoms with Gasteiger partial charge in [-0.2, -0.15) is 0 Å². The van der Waals surface area contributed by atoms with Crippen molar-refractivity contribution in [3.05, 3.63) is 64.7 Å². The number of imide groups is 1. The minimum Gasteiger partial charge on any atom is -0.493 e. The Morgan fingerprint density at radius 1 is 0.963 bits per heavy atom. The number of benzene rings is 2. The first-order valence-corrected chi connectivity index (χ1v) is 8.78. The SMILES string of the molecule is Cc1ccc(C)c(OCCC(=O)OCCN2C(=O)c3ccccc3C2=O)c1. The van der Waals surface area contributed by atoms with Crippen molar-refractivity contribution < 1.29 is 23.9 Å². The van der Waals surface area contributed by atoms with Crippen LogP contribution in [0.5, 0.6) is 5.75 Å². The smallest absolute Gasteiger partial charge is 0.309 e. The number of ether oxygens (including phenoxy) is 2.